The molecule has 0 aliphatic carbocycles. The first-order chi connectivity index (χ1) is 10.8. The summed E-state index contributed by atoms with van der Waals surface area (Å²) >= 11 is 0. The summed E-state index contributed by atoms with van der Waals surface area (Å²) in [6.45, 7) is 2.78. The van der Waals surface area contributed by atoms with Gasteiger partial charge >= 0.3 is 8.25 Å². The van der Waals surface area contributed by atoms with Crippen molar-refractivity contribution in [2.75, 3.05) is 6.61 Å². The zero-order valence-electron chi connectivity index (χ0n) is 13.9. The number of para-hydroxylation sites is 1. The first kappa shape index (κ1) is 19.3. The average molecular weight is 326 g/mol. The molecule has 1 atom stereocenters. The first-order valence-electron chi connectivity index (χ1n) is 8.72. The summed E-state index contributed by atoms with van der Waals surface area (Å²) in [5.41, 5.74) is 0. The highest BCUT2D eigenvalue weighted by atomic mass is 31.1. The van der Waals surface area contributed by atoms with Gasteiger partial charge < -0.3 is 9.05 Å². The van der Waals surface area contributed by atoms with Gasteiger partial charge in [-0.1, -0.05) is 82.9 Å². The van der Waals surface area contributed by atoms with Crippen molar-refractivity contribution in [3.05, 3.63) is 30.3 Å². The Bertz CT molecular complexity index is 381. The molecule has 126 valence electrons. The van der Waals surface area contributed by atoms with Gasteiger partial charge in [0, 0.05) is 0 Å². The molecule has 1 aromatic rings. The van der Waals surface area contributed by atoms with Gasteiger partial charge in [-0.15, -0.1) is 0 Å². The van der Waals surface area contributed by atoms with Crippen molar-refractivity contribution < 1.29 is 13.6 Å². The summed E-state index contributed by atoms with van der Waals surface area (Å²) in [6, 6.07) is 9.17. The van der Waals surface area contributed by atoms with E-state index in [9.17, 15) is 4.57 Å². The van der Waals surface area contributed by atoms with E-state index in [0.717, 1.165) is 12.8 Å². The molecule has 1 aromatic carbocycles. The quantitative estimate of drug-likeness (QED) is 0.293. The Morgan fingerprint density at radius 1 is 0.818 bits per heavy atom. The minimum atomic E-state index is -2.40. The Balaban J connectivity index is 1.86. The smallest absolute Gasteiger partial charge is 0.367 e. The van der Waals surface area contributed by atoms with Crippen molar-refractivity contribution in [3.8, 4) is 5.75 Å². The van der Waals surface area contributed by atoms with Gasteiger partial charge in [0.05, 0.1) is 6.61 Å². The van der Waals surface area contributed by atoms with Crippen LogP contribution in [0.25, 0.3) is 0 Å². The second-order valence-corrected chi connectivity index (χ2v) is 6.69. The van der Waals surface area contributed by atoms with Crippen molar-refractivity contribution in [3.63, 3.8) is 0 Å². The number of rotatable bonds is 14. The Labute approximate surface area is 136 Å². The van der Waals surface area contributed by atoms with Gasteiger partial charge in [-0.2, -0.15) is 0 Å². The number of hydrogen-bond donors (Lipinski definition) is 0. The van der Waals surface area contributed by atoms with Crippen LogP contribution in [0.15, 0.2) is 30.3 Å². The van der Waals surface area contributed by atoms with Crippen molar-refractivity contribution in [2.24, 2.45) is 0 Å². The maximum atomic E-state index is 11.6. The molecule has 22 heavy (non-hydrogen) atoms. The van der Waals surface area contributed by atoms with E-state index in [2.05, 4.69) is 6.92 Å². The number of hydrogen-bond acceptors (Lipinski definition) is 3. The van der Waals surface area contributed by atoms with Gasteiger partial charge in [-0.05, 0) is 18.6 Å². The summed E-state index contributed by atoms with van der Waals surface area (Å²) in [6.07, 6.45) is 12.8. The lowest BCUT2D eigenvalue weighted by atomic mass is 10.1. The van der Waals surface area contributed by atoms with Crippen molar-refractivity contribution >= 4 is 8.25 Å². The van der Waals surface area contributed by atoms with E-state index in [1.165, 1.54) is 51.4 Å². The van der Waals surface area contributed by atoms with Gasteiger partial charge in [0.25, 0.3) is 0 Å². The molecule has 3 nitrogen and oxygen atoms in total. The van der Waals surface area contributed by atoms with Gasteiger partial charge in [0.1, 0.15) is 5.75 Å². The fourth-order valence-corrected chi connectivity index (χ4v) is 3.06. The molecule has 0 saturated heterocycles. The normalized spacial score (nSPS) is 12.2. The molecule has 0 radical (unpaired) electrons. The molecular formula is C18H31O3P. The van der Waals surface area contributed by atoms with E-state index in [4.69, 9.17) is 9.05 Å². The van der Waals surface area contributed by atoms with Crippen LogP contribution in [-0.4, -0.2) is 6.61 Å². The zero-order chi connectivity index (χ0) is 15.9. The van der Waals surface area contributed by atoms with Crippen LogP contribution in [0.3, 0.4) is 0 Å². The van der Waals surface area contributed by atoms with E-state index < -0.39 is 8.25 Å². The molecule has 0 N–H and O–H groups in total. The van der Waals surface area contributed by atoms with Gasteiger partial charge in [0.2, 0.25) is 0 Å². The van der Waals surface area contributed by atoms with Crippen LogP contribution < -0.4 is 4.52 Å². The minimum Gasteiger partial charge on any atom is -0.426 e. The molecule has 0 aliphatic heterocycles. The highest BCUT2D eigenvalue weighted by molar-refractivity contribution is 7.33. The van der Waals surface area contributed by atoms with E-state index in [1.807, 2.05) is 18.2 Å². The molecular weight excluding hydrogens is 295 g/mol. The fraction of sp³-hybridized carbons (Fsp3) is 0.667. The second-order valence-electron chi connectivity index (χ2n) is 5.70. The topological polar surface area (TPSA) is 35.5 Å². The van der Waals surface area contributed by atoms with Crippen LogP contribution in [-0.2, 0) is 9.09 Å². The largest absolute Gasteiger partial charge is 0.426 e. The molecule has 0 bridgehead atoms. The van der Waals surface area contributed by atoms with E-state index in [0.29, 0.717) is 12.4 Å². The molecule has 0 aromatic heterocycles. The third-order valence-electron chi connectivity index (χ3n) is 3.66. The van der Waals surface area contributed by atoms with Gasteiger partial charge in [-0.25, -0.2) is 4.57 Å². The van der Waals surface area contributed by atoms with Crippen LogP contribution in [0.4, 0.5) is 0 Å². The summed E-state index contributed by atoms with van der Waals surface area (Å²) < 4.78 is 22.1. The van der Waals surface area contributed by atoms with Crippen LogP contribution in [0.2, 0.25) is 0 Å². The van der Waals surface area contributed by atoms with Crippen LogP contribution in [0.5, 0.6) is 5.75 Å². The molecule has 1 unspecified atom stereocenters. The zero-order valence-corrected chi connectivity index (χ0v) is 14.9. The predicted molar refractivity (Wildman–Crippen MR) is 93.9 cm³/mol. The summed E-state index contributed by atoms with van der Waals surface area (Å²) in [4.78, 5) is 0. The Morgan fingerprint density at radius 2 is 1.36 bits per heavy atom. The fourth-order valence-electron chi connectivity index (χ4n) is 2.36. The molecule has 4 heteroatoms. The minimum absolute atomic E-state index is 0.529. The Morgan fingerprint density at radius 3 is 1.95 bits per heavy atom. The molecule has 0 spiro atoms. The molecule has 1 rings (SSSR count). The summed E-state index contributed by atoms with van der Waals surface area (Å²) in [5.74, 6) is 0.606. The predicted octanol–water partition coefficient (Wildman–Crippen LogP) is 6.39. The van der Waals surface area contributed by atoms with Gasteiger partial charge in [0.15, 0.2) is 0 Å². The number of unbranched alkanes of at least 4 members (excludes halogenated alkanes) is 9. The van der Waals surface area contributed by atoms with Crippen molar-refractivity contribution in [1.82, 2.24) is 0 Å². The SMILES string of the molecule is CCCCCCCCCCCCO[PH](=O)Oc1ccccc1. The van der Waals surface area contributed by atoms with E-state index in [1.54, 1.807) is 12.1 Å². The van der Waals surface area contributed by atoms with Crippen molar-refractivity contribution in [2.45, 2.75) is 71.1 Å². The second kappa shape index (κ2) is 13.8. The maximum absolute atomic E-state index is 11.6. The van der Waals surface area contributed by atoms with E-state index in [-0.39, 0.29) is 0 Å². The molecule has 0 fully saturated rings. The van der Waals surface area contributed by atoms with E-state index >= 15 is 0 Å². The monoisotopic (exact) mass is 326 g/mol. The molecule has 0 saturated carbocycles. The lowest BCUT2D eigenvalue weighted by Crippen LogP contribution is -1.91. The lowest BCUT2D eigenvalue weighted by Gasteiger charge is -2.06. The first-order valence-corrected chi connectivity index (χ1v) is 9.95. The molecule has 0 amide bonds. The van der Waals surface area contributed by atoms with Crippen LogP contribution in [0, 0.1) is 0 Å². The van der Waals surface area contributed by atoms with Crippen LogP contribution >= 0.6 is 8.25 Å². The molecule has 0 heterocycles. The average Bonchev–Trinajstić information content (AvgIpc) is 2.53. The highest BCUT2D eigenvalue weighted by Crippen LogP contribution is 2.27. The summed E-state index contributed by atoms with van der Waals surface area (Å²) in [7, 11) is -2.40. The highest BCUT2D eigenvalue weighted by Gasteiger charge is 2.01. The lowest BCUT2D eigenvalue weighted by molar-refractivity contribution is 0.277. The maximum Gasteiger partial charge on any atom is 0.367 e. The van der Waals surface area contributed by atoms with Crippen LogP contribution in [0.1, 0.15) is 71.1 Å². The number of benzene rings is 1. The Kier molecular flexibility index (Phi) is 12.1. The third-order valence-corrected chi connectivity index (χ3v) is 4.50. The third kappa shape index (κ3) is 10.9. The van der Waals surface area contributed by atoms with Gasteiger partial charge in [-0.3, -0.25) is 0 Å². The Hall–Kier alpha value is -0.790. The summed E-state index contributed by atoms with van der Waals surface area (Å²) in [5, 5.41) is 0. The molecule has 0 aliphatic rings. The standard InChI is InChI=1S/C18H31O3P/c1-2-3-4-5-6-7-8-9-10-14-17-20-22(19)21-18-15-12-11-13-16-18/h11-13,15-16,22H,2-10,14,17H2,1H3. The van der Waals surface area contributed by atoms with Crippen molar-refractivity contribution in [1.29, 1.82) is 0 Å².